The first kappa shape index (κ1) is 15.1. The molecule has 108 valence electrons. The Kier molecular flexibility index (Phi) is 4.55. The van der Waals surface area contributed by atoms with E-state index in [1.165, 1.54) is 15.8 Å². The molecular formula is C16H19F2NS. The highest BCUT2D eigenvalue weighted by Gasteiger charge is 2.15. The third-order valence-electron chi connectivity index (χ3n) is 3.01. The van der Waals surface area contributed by atoms with E-state index in [0.29, 0.717) is 6.54 Å². The van der Waals surface area contributed by atoms with Crippen molar-refractivity contribution in [1.82, 2.24) is 5.32 Å². The highest BCUT2D eigenvalue weighted by molar-refractivity contribution is 7.12. The van der Waals surface area contributed by atoms with Crippen molar-refractivity contribution in [1.29, 1.82) is 0 Å². The summed E-state index contributed by atoms with van der Waals surface area (Å²) in [5.41, 5.74) is 0.916. The smallest absolute Gasteiger partial charge is 0.159 e. The van der Waals surface area contributed by atoms with Crippen LogP contribution in [0.25, 0.3) is 0 Å². The fraction of sp³-hybridized carbons (Fsp3) is 0.375. The quantitative estimate of drug-likeness (QED) is 0.868. The topological polar surface area (TPSA) is 12.0 Å². The van der Waals surface area contributed by atoms with E-state index >= 15 is 0 Å². The number of hydrogen-bond donors (Lipinski definition) is 1. The van der Waals surface area contributed by atoms with Gasteiger partial charge in [-0.1, -0.05) is 26.8 Å². The zero-order chi connectivity index (χ0) is 14.8. The maximum Gasteiger partial charge on any atom is 0.159 e. The van der Waals surface area contributed by atoms with E-state index in [-0.39, 0.29) is 5.41 Å². The normalized spacial score (nSPS) is 11.8. The highest BCUT2D eigenvalue weighted by atomic mass is 32.1. The van der Waals surface area contributed by atoms with Gasteiger partial charge in [-0.3, -0.25) is 0 Å². The van der Waals surface area contributed by atoms with Crippen molar-refractivity contribution in [2.75, 3.05) is 0 Å². The highest BCUT2D eigenvalue weighted by Crippen LogP contribution is 2.29. The van der Waals surface area contributed by atoms with Gasteiger partial charge >= 0.3 is 0 Å². The van der Waals surface area contributed by atoms with Gasteiger partial charge in [-0.2, -0.15) is 0 Å². The van der Waals surface area contributed by atoms with Gasteiger partial charge in [0.05, 0.1) is 0 Å². The summed E-state index contributed by atoms with van der Waals surface area (Å²) in [7, 11) is 0. The molecule has 0 radical (unpaired) electrons. The zero-order valence-electron chi connectivity index (χ0n) is 12.0. The van der Waals surface area contributed by atoms with Crippen LogP contribution in [0, 0.1) is 11.6 Å². The van der Waals surface area contributed by atoms with E-state index in [1.807, 2.05) is 0 Å². The molecule has 2 rings (SSSR count). The summed E-state index contributed by atoms with van der Waals surface area (Å²) in [4.78, 5) is 2.60. The molecule has 0 amide bonds. The molecule has 0 aliphatic heterocycles. The van der Waals surface area contributed by atoms with Crippen LogP contribution in [0.4, 0.5) is 8.78 Å². The molecule has 1 aromatic carbocycles. The molecule has 1 heterocycles. The van der Waals surface area contributed by atoms with Gasteiger partial charge in [0, 0.05) is 22.8 Å². The van der Waals surface area contributed by atoms with Crippen molar-refractivity contribution in [2.45, 2.75) is 39.3 Å². The molecule has 1 nitrogen and oxygen atoms in total. The first-order chi connectivity index (χ1) is 9.36. The third kappa shape index (κ3) is 3.87. The van der Waals surface area contributed by atoms with Crippen LogP contribution in [-0.2, 0) is 18.5 Å². The van der Waals surface area contributed by atoms with Gasteiger partial charge in [0.1, 0.15) is 0 Å². The standard InChI is InChI=1S/C16H19F2NS/c1-16(2,3)15-7-5-12(20-15)10-19-9-11-4-6-13(17)14(18)8-11/h4-8,19H,9-10H2,1-3H3. The molecule has 0 spiro atoms. The minimum Gasteiger partial charge on any atom is -0.308 e. The Morgan fingerprint density at radius 2 is 1.75 bits per heavy atom. The van der Waals surface area contributed by atoms with Gasteiger partial charge in [0.2, 0.25) is 0 Å². The van der Waals surface area contributed by atoms with Crippen LogP contribution in [0.3, 0.4) is 0 Å². The number of benzene rings is 1. The molecule has 0 saturated carbocycles. The minimum absolute atomic E-state index is 0.170. The lowest BCUT2D eigenvalue weighted by Crippen LogP contribution is -2.12. The number of hydrogen-bond acceptors (Lipinski definition) is 2. The van der Waals surface area contributed by atoms with Gasteiger partial charge in [0.25, 0.3) is 0 Å². The largest absolute Gasteiger partial charge is 0.308 e. The van der Waals surface area contributed by atoms with E-state index in [1.54, 1.807) is 17.4 Å². The van der Waals surface area contributed by atoms with Gasteiger partial charge in [-0.05, 0) is 35.2 Å². The summed E-state index contributed by atoms with van der Waals surface area (Å²) >= 11 is 1.78. The fourth-order valence-corrected chi connectivity index (χ4v) is 2.89. The summed E-state index contributed by atoms with van der Waals surface area (Å²) in [5, 5.41) is 3.25. The zero-order valence-corrected chi connectivity index (χ0v) is 12.8. The maximum atomic E-state index is 13.1. The molecular weight excluding hydrogens is 276 g/mol. The Labute approximate surface area is 122 Å². The summed E-state index contributed by atoms with van der Waals surface area (Å²) in [6, 6.07) is 8.26. The first-order valence-corrected chi connectivity index (χ1v) is 7.42. The van der Waals surface area contributed by atoms with Crippen molar-refractivity contribution >= 4 is 11.3 Å². The molecule has 0 unspecified atom stereocenters. The molecule has 0 bridgehead atoms. The average Bonchev–Trinajstić information content (AvgIpc) is 2.82. The summed E-state index contributed by atoms with van der Waals surface area (Å²) < 4.78 is 25.9. The monoisotopic (exact) mass is 295 g/mol. The molecule has 4 heteroatoms. The predicted octanol–water partition coefficient (Wildman–Crippen LogP) is 4.61. The van der Waals surface area contributed by atoms with Crippen LogP contribution in [0.15, 0.2) is 30.3 Å². The van der Waals surface area contributed by atoms with Crippen molar-refractivity contribution in [3.05, 3.63) is 57.3 Å². The van der Waals surface area contributed by atoms with E-state index in [9.17, 15) is 8.78 Å². The lowest BCUT2D eigenvalue weighted by molar-refractivity contribution is 0.506. The maximum absolute atomic E-state index is 13.1. The van der Waals surface area contributed by atoms with Crippen molar-refractivity contribution in [2.24, 2.45) is 0 Å². The average molecular weight is 295 g/mol. The number of halogens is 2. The molecule has 20 heavy (non-hydrogen) atoms. The van der Waals surface area contributed by atoms with E-state index < -0.39 is 11.6 Å². The van der Waals surface area contributed by atoms with Gasteiger partial charge in [-0.15, -0.1) is 11.3 Å². The lowest BCUT2D eigenvalue weighted by atomic mass is 9.95. The van der Waals surface area contributed by atoms with E-state index in [4.69, 9.17) is 0 Å². The molecule has 0 aliphatic carbocycles. The van der Waals surface area contributed by atoms with Crippen molar-refractivity contribution < 1.29 is 8.78 Å². The summed E-state index contributed by atoms with van der Waals surface area (Å²) in [6.45, 7) is 7.84. The Balaban J connectivity index is 1.89. The van der Waals surface area contributed by atoms with Crippen LogP contribution in [0.2, 0.25) is 0 Å². The Morgan fingerprint density at radius 1 is 1.00 bits per heavy atom. The molecule has 0 saturated heterocycles. The summed E-state index contributed by atoms with van der Waals surface area (Å²) in [6.07, 6.45) is 0. The Hall–Kier alpha value is -1.26. The van der Waals surface area contributed by atoms with Gasteiger partial charge in [0.15, 0.2) is 11.6 Å². The van der Waals surface area contributed by atoms with Crippen LogP contribution >= 0.6 is 11.3 Å². The number of rotatable bonds is 4. The third-order valence-corrected chi connectivity index (χ3v) is 4.52. The first-order valence-electron chi connectivity index (χ1n) is 6.60. The van der Waals surface area contributed by atoms with Gasteiger partial charge < -0.3 is 5.32 Å². The fourth-order valence-electron chi connectivity index (χ4n) is 1.86. The molecule has 1 aromatic heterocycles. The lowest BCUT2D eigenvalue weighted by Gasteiger charge is -2.15. The SMILES string of the molecule is CC(C)(C)c1ccc(CNCc2ccc(F)c(F)c2)s1. The minimum atomic E-state index is -0.804. The molecule has 0 atom stereocenters. The van der Waals surface area contributed by atoms with Crippen LogP contribution in [0.5, 0.6) is 0 Å². The summed E-state index contributed by atoms with van der Waals surface area (Å²) in [5.74, 6) is -1.60. The molecule has 0 aliphatic rings. The number of thiophene rings is 1. The Morgan fingerprint density at radius 3 is 2.35 bits per heavy atom. The van der Waals surface area contributed by atoms with E-state index in [0.717, 1.165) is 18.2 Å². The Bertz CT molecular complexity index is 584. The van der Waals surface area contributed by atoms with Crippen LogP contribution in [-0.4, -0.2) is 0 Å². The second-order valence-corrected chi connectivity index (χ2v) is 7.04. The number of nitrogens with one attached hydrogen (secondary N) is 1. The van der Waals surface area contributed by atoms with Crippen molar-refractivity contribution in [3.8, 4) is 0 Å². The van der Waals surface area contributed by atoms with Crippen LogP contribution in [0.1, 0.15) is 36.1 Å². The second-order valence-electron chi connectivity index (χ2n) is 5.87. The molecule has 0 fully saturated rings. The predicted molar refractivity (Wildman–Crippen MR) is 79.9 cm³/mol. The van der Waals surface area contributed by atoms with E-state index in [2.05, 4.69) is 38.2 Å². The second kappa shape index (κ2) is 6.02. The molecule has 2 aromatic rings. The molecule has 1 N–H and O–H groups in total. The van der Waals surface area contributed by atoms with Crippen molar-refractivity contribution in [3.63, 3.8) is 0 Å². The van der Waals surface area contributed by atoms with Gasteiger partial charge in [-0.25, -0.2) is 8.78 Å². The van der Waals surface area contributed by atoms with Crippen LogP contribution < -0.4 is 5.32 Å².